The first-order chi connectivity index (χ1) is 13.4. The first-order valence-corrected chi connectivity index (χ1v) is 10.8. The maximum Gasteiger partial charge on any atom is 0.297 e. The molecule has 0 aromatic heterocycles. The normalized spacial score (nSPS) is 14.0. The molecule has 2 aromatic carbocycles. The predicted octanol–water partition coefficient (Wildman–Crippen LogP) is 2.90. The molecule has 154 valence electrons. The van der Waals surface area contributed by atoms with E-state index in [9.17, 15) is 13.5 Å². The summed E-state index contributed by atoms with van der Waals surface area (Å²) < 4.78 is 40.2. The second kappa shape index (κ2) is 11.5. The molecule has 0 amide bonds. The summed E-state index contributed by atoms with van der Waals surface area (Å²) >= 11 is 5.86. The lowest BCUT2D eigenvalue weighted by molar-refractivity contribution is -0.0505. The molecule has 0 bridgehead atoms. The van der Waals surface area contributed by atoms with Crippen molar-refractivity contribution in [3.63, 3.8) is 0 Å². The molecule has 2 atom stereocenters. The average molecular weight is 429 g/mol. The van der Waals surface area contributed by atoms with Crippen molar-refractivity contribution < 1.29 is 27.2 Å². The number of halogens is 1. The molecule has 1 N–H and O–H groups in total. The van der Waals surface area contributed by atoms with Crippen LogP contribution in [-0.4, -0.2) is 51.4 Å². The van der Waals surface area contributed by atoms with Crippen molar-refractivity contribution in [2.45, 2.75) is 30.6 Å². The van der Waals surface area contributed by atoms with E-state index in [2.05, 4.69) is 0 Å². The van der Waals surface area contributed by atoms with E-state index in [0.29, 0.717) is 6.61 Å². The van der Waals surface area contributed by atoms with Crippen LogP contribution in [0.4, 0.5) is 0 Å². The zero-order chi connectivity index (χ0) is 20.4. The zero-order valence-electron chi connectivity index (χ0n) is 15.7. The summed E-state index contributed by atoms with van der Waals surface area (Å²) in [5.41, 5.74) is 1.97. The number of hydrogen-bond acceptors (Lipinski definition) is 6. The smallest absolute Gasteiger partial charge is 0.297 e. The number of aryl methyl sites for hydroxylation is 1. The van der Waals surface area contributed by atoms with Gasteiger partial charge in [-0.3, -0.25) is 4.18 Å². The average Bonchev–Trinajstić information content (AvgIpc) is 2.70. The highest BCUT2D eigenvalue weighted by atomic mass is 35.5. The van der Waals surface area contributed by atoms with Gasteiger partial charge in [-0.15, -0.1) is 11.6 Å². The van der Waals surface area contributed by atoms with E-state index >= 15 is 0 Å². The highest BCUT2D eigenvalue weighted by molar-refractivity contribution is 7.86. The number of alkyl halides is 1. The van der Waals surface area contributed by atoms with Crippen LogP contribution >= 0.6 is 11.6 Å². The van der Waals surface area contributed by atoms with Crippen molar-refractivity contribution in [2.75, 3.05) is 25.7 Å². The Hall–Kier alpha value is -1.48. The largest absolute Gasteiger partial charge is 0.388 e. The van der Waals surface area contributed by atoms with Gasteiger partial charge in [0.1, 0.15) is 6.10 Å². The van der Waals surface area contributed by atoms with Crippen LogP contribution in [0.5, 0.6) is 0 Å². The summed E-state index contributed by atoms with van der Waals surface area (Å²) in [6.07, 6.45) is -1.53. The molecule has 0 unspecified atom stereocenters. The molecule has 0 saturated heterocycles. The van der Waals surface area contributed by atoms with Crippen LogP contribution in [0.25, 0.3) is 0 Å². The van der Waals surface area contributed by atoms with Crippen molar-refractivity contribution in [1.29, 1.82) is 0 Å². The summed E-state index contributed by atoms with van der Waals surface area (Å²) in [4.78, 5) is 0.0409. The number of aliphatic hydroxyl groups is 1. The molecule has 0 aliphatic carbocycles. The third-order valence-corrected chi connectivity index (χ3v) is 5.48. The van der Waals surface area contributed by atoms with E-state index in [1.807, 2.05) is 37.3 Å². The van der Waals surface area contributed by atoms with Crippen molar-refractivity contribution in [1.82, 2.24) is 0 Å². The third kappa shape index (κ3) is 7.87. The molecule has 0 aliphatic rings. The Balaban J connectivity index is 1.71. The fourth-order valence-electron chi connectivity index (χ4n) is 2.26. The number of rotatable bonds is 12. The van der Waals surface area contributed by atoms with Crippen molar-refractivity contribution >= 4 is 21.7 Å². The van der Waals surface area contributed by atoms with Gasteiger partial charge in [0, 0.05) is 0 Å². The number of aliphatic hydroxyl groups excluding tert-OH is 1. The topological polar surface area (TPSA) is 82.1 Å². The monoisotopic (exact) mass is 428 g/mol. The Morgan fingerprint density at radius 3 is 2.32 bits per heavy atom. The van der Waals surface area contributed by atoms with E-state index in [-0.39, 0.29) is 24.0 Å². The van der Waals surface area contributed by atoms with Crippen molar-refractivity contribution in [2.24, 2.45) is 0 Å². The fraction of sp³-hybridized carbons (Fsp3) is 0.400. The van der Waals surface area contributed by atoms with Gasteiger partial charge in [-0.1, -0.05) is 48.0 Å². The van der Waals surface area contributed by atoms with Gasteiger partial charge in [0.25, 0.3) is 10.1 Å². The molecule has 6 nitrogen and oxygen atoms in total. The lowest BCUT2D eigenvalue weighted by atomic mass is 10.2. The van der Waals surface area contributed by atoms with Crippen LogP contribution in [-0.2, 0) is 30.4 Å². The van der Waals surface area contributed by atoms with Crippen molar-refractivity contribution in [3.05, 3.63) is 65.7 Å². The zero-order valence-corrected chi connectivity index (χ0v) is 17.2. The molecule has 0 radical (unpaired) electrons. The van der Waals surface area contributed by atoms with E-state index in [1.165, 1.54) is 12.1 Å². The maximum absolute atomic E-state index is 12.1. The van der Waals surface area contributed by atoms with Gasteiger partial charge in [0.15, 0.2) is 0 Å². The highest BCUT2D eigenvalue weighted by Crippen LogP contribution is 2.13. The highest BCUT2D eigenvalue weighted by Gasteiger charge is 2.18. The van der Waals surface area contributed by atoms with Gasteiger partial charge in [0.05, 0.1) is 43.3 Å². The molecular formula is C20H25ClO6S. The van der Waals surface area contributed by atoms with E-state index in [1.54, 1.807) is 12.1 Å². The summed E-state index contributed by atoms with van der Waals surface area (Å²) in [5, 5.41) is 9.95. The maximum atomic E-state index is 12.1. The van der Waals surface area contributed by atoms with E-state index in [4.69, 9.17) is 25.3 Å². The van der Waals surface area contributed by atoms with Crippen LogP contribution in [0.1, 0.15) is 11.1 Å². The predicted molar refractivity (Wildman–Crippen MR) is 107 cm³/mol. The minimum absolute atomic E-state index is 0.0409. The molecule has 2 rings (SSSR count). The Morgan fingerprint density at radius 2 is 1.68 bits per heavy atom. The van der Waals surface area contributed by atoms with E-state index < -0.39 is 28.9 Å². The van der Waals surface area contributed by atoms with Crippen molar-refractivity contribution in [3.8, 4) is 0 Å². The van der Waals surface area contributed by atoms with Gasteiger partial charge in [-0.25, -0.2) is 0 Å². The molecule has 0 saturated carbocycles. The van der Waals surface area contributed by atoms with Gasteiger partial charge >= 0.3 is 0 Å². The second-order valence-corrected chi connectivity index (χ2v) is 8.24. The van der Waals surface area contributed by atoms with Crippen LogP contribution in [0.2, 0.25) is 0 Å². The molecule has 28 heavy (non-hydrogen) atoms. The third-order valence-electron chi connectivity index (χ3n) is 3.84. The first kappa shape index (κ1) is 22.8. The Labute approximate surface area is 171 Å². The molecule has 0 spiro atoms. The lowest BCUT2D eigenvalue weighted by Gasteiger charge is -2.18. The fourth-order valence-corrected chi connectivity index (χ4v) is 3.38. The van der Waals surface area contributed by atoms with Gasteiger partial charge < -0.3 is 14.6 Å². The van der Waals surface area contributed by atoms with Gasteiger partial charge in [-0.05, 0) is 24.6 Å². The quantitative estimate of drug-likeness (QED) is 0.413. The Bertz CT molecular complexity index is 795. The second-order valence-electron chi connectivity index (χ2n) is 6.32. The standard InChI is InChI=1S/C20H25ClO6S/c1-16-7-9-20(10-8-16)28(23,24)27-14-18(22)13-26-19(11-21)15-25-12-17-5-3-2-4-6-17/h2-10,18-19,22H,11-15H2,1H3/t18-,19+/m1/s1. The molecule has 2 aromatic rings. The SMILES string of the molecule is Cc1ccc(S(=O)(=O)OC[C@H](O)CO[C@@H](CCl)COCc2ccccc2)cc1. The van der Waals surface area contributed by atoms with Crippen LogP contribution in [0.3, 0.4) is 0 Å². The number of hydrogen-bond donors (Lipinski definition) is 1. The minimum Gasteiger partial charge on any atom is -0.388 e. The Kier molecular flexibility index (Phi) is 9.37. The first-order valence-electron chi connectivity index (χ1n) is 8.84. The summed E-state index contributed by atoms with van der Waals surface area (Å²) in [6, 6.07) is 16.0. The molecule has 0 aliphatic heterocycles. The minimum atomic E-state index is -3.93. The molecule has 0 fully saturated rings. The molecule has 8 heteroatoms. The lowest BCUT2D eigenvalue weighted by Crippen LogP contribution is -2.30. The van der Waals surface area contributed by atoms with Gasteiger partial charge in [-0.2, -0.15) is 8.42 Å². The molecule has 0 heterocycles. The summed E-state index contributed by atoms with van der Waals surface area (Å²) in [5.74, 6) is 0.185. The van der Waals surface area contributed by atoms with E-state index in [0.717, 1.165) is 11.1 Å². The summed E-state index contributed by atoms with van der Waals surface area (Å²) in [7, 11) is -3.93. The number of ether oxygens (including phenoxy) is 2. The van der Waals surface area contributed by atoms with Gasteiger partial charge in [0.2, 0.25) is 0 Å². The van der Waals surface area contributed by atoms with Crippen LogP contribution < -0.4 is 0 Å². The summed E-state index contributed by atoms with van der Waals surface area (Å²) in [6.45, 7) is 2.02. The van der Waals surface area contributed by atoms with Crippen LogP contribution in [0, 0.1) is 6.92 Å². The molecular weight excluding hydrogens is 404 g/mol. The number of benzene rings is 2. The Morgan fingerprint density at radius 1 is 1.00 bits per heavy atom. The van der Waals surface area contributed by atoms with Crippen LogP contribution in [0.15, 0.2) is 59.5 Å².